The van der Waals surface area contributed by atoms with Crippen LogP contribution >= 0.6 is 0 Å². The van der Waals surface area contributed by atoms with Crippen molar-refractivity contribution in [3.8, 4) is 0 Å². The predicted molar refractivity (Wildman–Crippen MR) is 72.0 cm³/mol. The first-order chi connectivity index (χ1) is 7.98. The summed E-state index contributed by atoms with van der Waals surface area (Å²) < 4.78 is 22.7. The zero-order valence-corrected chi connectivity index (χ0v) is 10.8. The summed E-state index contributed by atoms with van der Waals surface area (Å²) >= 11 is 0. The maximum absolute atomic E-state index is 11.3. The molecule has 1 aromatic rings. The molecule has 92 valence electrons. The molecule has 0 N–H and O–H groups in total. The summed E-state index contributed by atoms with van der Waals surface area (Å²) in [5.41, 5.74) is 3.25. The molecule has 0 aliphatic carbocycles. The van der Waals surface area contributed by atoms with Crippen LogP contribution in [0.15, 0.2) is 30.8 Å². The van der Waals surface area contributed by atoms with Gasteiger partial charge in [-0.3, -0.25) is 0 Å². The van der Waals surface area contributed by atoms with E-state index in [1.54, 1.807) is 0 Å². The van der Waals surface area contributed by atoms with E-state index in [2.05, 4.69) is 11.5 Å². The normalized spacial score (nSPS) is 19.0. The highest BCUT2D eigenvalue weighted by atomic mass is 32.2. The summed E-state index contributed by atoms with van der Waals surface area (Å²) in [4.78, 5) is 2.11. The summed E-state index contributed by atoms with van der Waals surface area (Å²) in [7, 11) is -2.80. The van der Waals surface area contributed by atoms with Crippen LogP contribution in [-0.2, 0) is 9.84 Å². The fraction of sp³-hybridized carbons (Fsp3) is 0.385. The van der Waals surface area contributed by atoms with Crippen LogP contribution in [0.2, 0.25) is 0 Å². The first-order valence-corrected chi connectivity index (χ1v) is 7.51. The van der Waals surface area contributed by atoms with Crippen LogP contribution in [0.1, 0.15) is 12.5 Å². The van der Waals surface area contributed by atoms with Gasteiger partial charge in [-0.05, 0) is 24.6 Å². The van der Waals surface area contributed by atoms with E-state index in [1.807, 2.05) is 31.2 Å². The molecule has 0 atom stereocenters. The number of hydrogen-bond donors (Lipinski definition) is 0. The van der Waals surface area contributed by atoms with Gasteiger partial charge in [0.2, 0.25) is 0 Å². The lowest BCUT2D eigenvalue weighted by Crippen LogP contribution is -2.40. The van der Waals surface area contributed by atoms with Crippen molar-refractivity contribution < 1.29 is 8.42 Å². The molecular formula is C13H17NO2S. The molecule has 1 saturated heterocycles. The smallest absolute Gasteiger partial charge is 0.153 e. The molecule has 3 nitrogen and oxygen atoms in total. The van der Waals surface area contributed by atoms with Crippen LogP contribution < -0.4 is 4.90 Å². The number of rotatable bonds is 2. The Morgan fingerprint density at radius 3 is 2.18 bits per heavy atom. The molecule has 0 saturated carbocycles. The van der Waals surface area contributed by atoms with E-state index in [4.69, 9.17) is 0 Å². The molecule has 1 aliphatic heterocycles. The van der Waals surface area contributed by atoms with Crippen LogP contribution in [0.3, 0.4) is 0 Å². The Morgan fingerprint density at radius 1 is 1.18 bits per heavy atom. The van der Waals surface area contributed by atoms with Crippen molar-refractivity contribution in [3.63, 3.8) is 0 Å². The van der Waals surface area contributed by atoms with Crippen LogP contribution in [0, 0.1) is 0 Å². The lowest BCUT2D eigenvalue weighted by atomic mass is 10.1. The first-order valence-electron chi connectivity index (χ1n) is 5.69. The summed E-state index contributed by atoms with van der Waals surface area (Å²) in [6, 6.07) is 8.12. The molecule has 0 bridgehead atoms. The van der Waals surface area contributed by atoms with Gasteiger partial charge in [0, 0.05) is 18.8 Å². The quantitative estimate of drug-likeness (QED) is 0.806. The minimum atomic E-state index is -2.80. The Labute approximate surface area is 103 Å². The summed E-state index contributed by atoms with van der Waals surface area (Å²) in [6.45, 7) is 7.05. The second-order valence-corrected chi connectivity index (χ2v) is 6.77. The Morgan fingerprint density at radius 2 is 1.71 bits per heavy atom. The minimum Gasteiger partial charge on any atom is -0.369 e. The number of allylic oxidation sites excluding steroid dienone is 1. The van der Waals surface area contributed by atoms with E-state index >= 15 is 0 Å². The topological polar surface area (TPSA) is 37.4 Å². The van der Waals surface area contributed by atoms with Crippen molar-refractivity contribution in [1.82, 2.24) is 0 Å². The van der Waals surface area contributed by atoms with E-state index in [1.165, 1.54) is 0 Å². The molecule has 4 heteroatoms. The van der Waals surface area contributed by atoms with Crippen molar-refractivity contribution in [2.24, 2.45) is 0 Å². The molecule has 0 aromatic heterocycles. The second-order valence-electron chi connectivity index (χ2n) is 4.47. The van der Waals surface area contributed by atoms with Crippen molar-refractivity contribution in [2.45, 2.75) is 6.92 Å². The predicted octanol–water partition coefficient (Wildman–Crippen LogP) is 1.95. The van der Waals surface area contributed by atoms with E-state index < -0.39 is 9.84 Å². The molecule has 1 aliphatic rings. The average Bonchev–Trinajstić information content (AvgIpc) is 2.29. The Kier molecular flexibility index (Phi) is 3.24. The van der Waals surface area contributed by atoms with Gasteiger partial charge in [-0.25, -0.2) is 8.42 Å². The van der Waals surface area contributed by atoms with Gasteiger partial charge in [0.05, 0.1) is 11.5 Å². The van der Waals surface area contributed by atoms with Gasteiger partial charge in [0.15, 0.2) is 9.84 Å². The third-order valence-electron chi connectivity index (χ3n) is 3.07. The summed E-state index contributed by atoms with van der Waals surface area (Å²) in [5, 5.41) is 0. The van der Waals surface area contributed by atoms with Crippen molar-refractivity contribution >= 4 is 21.1 Å². The molecule has 17 heavy (non-hydrogen) atoms. The molecule has 1 heterocycles. The average molecular weight is 251 g/mol. The lowest BCUT2D eigenvalue weighted by Gasteiger charge is -2.28. The number of nitrogens with zero attached hydrogens (tertiary/aromatic N) is 1. The summed E-state index contributed by atoms with van der Waals surface area (Å²) in [5.74, 6) is 0.518. The molecule has 0 amide bonds. The van der Waals surface area contributed by atoms with Crippen LogP contribution in [-0.4, -0.2) is 33.0 Å². The lowest BCUT2D eigenvalue weighted by molar-refractivity contribution is 0.587. The third-order valence-corrected chi connectivity index (χ3v) is 4.68. The van der Waals surface area contributed by atoms with Crippen molar-refractivity contribution in [1.29, 1.82) is 0 Å². The van der Waals surface area contributed by atoms with Crippen LogP contribution in [0.4, 0.5) is 5.69 Å². The highest BCUT2D eigenvalue weighted by Gasteiger charge is 2.21. The first kappa shape index (κ1) is 12.2. The molecule has 1 fully saturated rings. The molecular weight excluding hydrogens is 234 g/mol. The third kappa shape index (κ3) is 2.88. The Balaban J connectivity index is 2.11. The van der Waals surface area contributed by atoms with Crippen molar-refractivity contribution in [3.05, 3.63) is 36.4 Å². The van der Waals surface area contributed by atoms with Gasteiger partial charge >= 0.3 is 0 Å². The monoisotopic (exact) mass is 251 g/mol. The van der Waals surface area contributed by atoms with E-state index in [0.29, 0.717) is 13.1 Å². The Bertz CT molecular complexity index is 503. The number of hydrogen-bond acceptors (Lipinski definition) is 3. The largest absolute Gasteiger partial charge is 0.369 e. The van der Waals surface area contributed by atoms with Gasteiger partial charge in [-0.1, -0.05) is 24.3 Å². The SMILES string of the molecule is C=C(C)c1ccc(N2CCS(=O)(=O)CC2)cc1. The van der Waals surface area contributed by atoms with E-state index in [-0.39, 0.29) is 11.5 Å². The number of anilines is 1. The van der Waals surface area contributed by atoms with E-state index in [9.17, 15) is 8.42 Å². The standard InChI is InChI=1S/C13H17NO2S/c1-11(2)12-3-5-13(6-4-12)14-7-9-17(15,16)10-8-14/h3-6H,1,7-10H2,2H3. The maximum Gasteiger partial charge on any atom is 0.153 e. The molecule has 1 aromatic carbocycles. The minimum absolute atomic E-state index is 0.259. The fourth-order valence-electron chi connectivity index (χ4n) is 1.93. The Hall–Kier alpha value is -1.29. The zero-order chi connectivity index (χ0) is 12.5. The highest BCUT2D eigenvalue weighted by molar-refractivity contribution is 7.91. The van der Waals surface area contributed by atoms with Crippen LogP contribution in [0.5, 0.6) is 0 Å². The zero-order valence-electron chi connectivity index (χ0n) is 10.0. The van der Waals surface area contributed by atoms with Crippen molar-refractivity contribution in [2.75, 3.05) is 29.5 Å². The molecule has 0 radical (unpaired) electrons. The molecule has 2 rings (SSSR count). The maximum atomic E-state index is 11.3. The number of benzene rings is 1. The van der Waals surface area contributed by atoms with Gasteiger partial charge in [0.1, 0.15) is 0 Å². The highest BCUT2D eigenvalue weighted by Crippen LogP contribution is 2.20. The van der Waals surface area contributed by atoms with Gasteiger partial charge in [-0.15, -0.1) is 0 Å². The molecule has 0 spiro atoms. The fourth-order valence-corrected chi connectivity index (χ4v) is 3.13. The van der Waals surface area contributed by atoms with Gasteiger partial charge in [-0.2, -0.15) is 0 Å². The molecule has 0 unspecified atom stereocenters. The number of sulfone groups is 1. The van der Waals surface area contributed by atoms with E-state index in [0.717, 1.165) is 16.8 Å². The van der Waals surface area contributed by atoms with Gasteiger partial charge < -0.3 is 4.90 Å². The second kappa shape index (κ2) is 4.53. The summed E-state index contributed by atoms with van der Waals surface area (Å²) in [6.07, 6.45) is 0. The van der Waals surface area contributed by atoms with Gasteiger partial charge in [0.25, 0.3) is 0 Å². The van der Waals surface area contributed by atoms with Crippen LogP contribution in [0.25, 0.3) is 5.57 Å².